The Hall–Kier alpha value is -1.33. The SMILES string of the molecule is CC(=C=O)C(C)(C)Cc1ccccc1. The Morgan fingerprint density at radius 3 is 2.36 bits per heavy atom. The molecule has 0 atom stereocenters. The van der Waals surface area contributed by atoms with E-state index in [4.69, 9.17) is 0 Å². The van der Waals surface area contributed by atoms with Crippen LogP contribution in [0.3, 0.4) is 0 Å². The van der Waals surface area contributed by atoms with Crippen LogP contribution in [0.2, 0.25) is 0 Å². The highest BCUT2D eigenvalue weighted by Gasteiger charge is 2.21. The summed E-state index contributed by atoms with van der Waals surface area (Å²) < 4.78 is 0. The second-order valence-electron chi connectivity index (χ2n) is 4.27. The highest BCUT2D eigenvalue weighted by atomic mass is 16.1. The normalized spacial score (nSPS) is 10.8. The van der Waals surface area contributed by atoms with E-state index in [1.54, 1.807) is 0 Å². The molecule has 1 nitrogen and oxygen atoms in total. The second kappa shape index (κ2) is 4.26. The molecule has 0 heterocycles. The van der Waals surface area contributed by atoms with E-state index in [2.05, 4.69) is 26.0 Å². The van der Waals surface area contributed by atoms with E-state index in [1.165, 1.54) is 5.56 Å². The molecule has 0 amide bonds. The standard InChI is InChI=1S/C13H16O/c1-11(10-14)13(2,3)9-12-7-5-4-6-8-12/h4-8H,9H2,1-3H3. The summed E-state index contributed by atoms with van der Waals surface area (Å²) in [5.74, 6) is 1.99. The zero-order valence-electron chi connectivity index (χ0n) is 9.00. The first-order valence-corrected chi connectivity index (χ1v) is 4.82. The number of allylic oxidation sites excluding steroid dienone is 1. The fourth-order valence-corrected chi connectivity index (χ4v) is 1.38. The highest BCUT2D eigenvalue weighted by molar-refractivity contribution is 5.53. The third-order valence-corrected chi connectivity index (χ3v) is 2.66. The highest BCUT2D eigenvalue weighted by Crippen LogP contribution is 2.28. The molecular weight excluding hydrogens is 172 g/mol. The van der Waals surface area contributed by atoms with Gasteiger partial charge in [0.25, 0.3) is 0 Å². The zero-order chi connectivity index (χ0) is 10.6. The average molecular weight is 188 g/mol. The van der Waals surface area contributed by atoms with Crippen molar-refractivity contribution in [3.05, 3.63) is 41.5 Å². The monoisotopic (exact) mass is 188 g/mol. The molecule has 74 valence electrons. The van der Waals surface area contributed by atoms with E-state index < -0.39 is 0 Å². The van der Waals surface area contributed by atoms with Crippen molar-refractivity contribution in [2.24, 2.45) is 5.41 Å². The molecule has 1 aromatic carbocycles. The van der Waals surface area contributed by atoms with Crippen molar-refractivity contribution in [1.82, 2.24) is 0 Å². The summed E-state index contributed by atoms with van der Waals surface area (Å²) in [5, 5.41) is 0. The lowest BCUT2D eigenvalue weighted by molar-refractivity contribution is 0.442. The molecule has 0 fully saturated rings. The van der Waals surface area contributed by atoms with Crippen LogP contribution in [-0.2, 0) is 11.2 Å². The Balaban J connectivity index is 2.84. The molecule has 14 heavy (non-hydrogen) atoms. The van der Waals surface area contributed by atoms with Crippen LogP contribution < -0.4 is 0 Å². The maximum absolute atomic E-state index is 10.6. The average Bonchev–Trinajstić information content (AvgIpc) is 2.17. The molecular formula is C13H16O. The summed E-state index contributed by atoms with van der Waals surface area (Å²) in [6.07, 6.45) is 0.884. The van der Waals surface area contributed by atoms with Crippen molar-refractivity contribution in [2.75, 3.05) is 0 Å². The minimum Gasteiger partial charge on any atom is -0.234 e. The molecule has 0 aromatic heterocycles. The van der Waals surface area contributed by atoms with Gasteiger partial charge in [0.15, 0.2) is 0 Å². The first-order valence-electron chi connectivity index (χ1n) is 4.82. The van der Waals surface area contributed by atoms with Gasteiger partial charge in [-0.1, -0.05) is 44.2 Å². The smallest absolute Gasteiger partial charge is 0.123 e. The maximum Gasteiger partial charge on any atom is 0.123 e. The van der Waals surface area contributed by atoms with Gasteiger partial charge in [0.2, 0.25) is 0 Å². The lowest BCUT2D eigenvalue weighted by Crippen LogP contribution is -2.16. The number of hydrogen-bond donors (Lipinski definition) is 0. The lowest BCUT2D eigenvalue weighted by Gasteiger charge is -2.23. The predicted molar refractivity (Wildman–Crippen MR) is 58.8 cm³/mol. The van der Waals surface area contributed by atoms with Crippen molar-refractivity contribution in [2.45, 2.75) is 27.2 Å². The fraction of sp³-hybridized carbons (Fsp3) is 0.385. The maximum atomic E-state index is 10.6. The fourth-order valence-electron chi connectivity index (χ4n) is 1.38. The van der Waals surface area contributed by atoms with Gasteiger partial charge in [-0.05, 0) is 18.9 Å². The van der Waals surface area contributed by atoms with Gasteiger partial charge in [-0.3, -0.25) is 0 Å². The van der Waals surface area contributed by atoms with Gasteiger partial charge in [0.1, 0.15) is 5.94 Å². The molecule has 0 aliphatic rings. The third-order valence-electron chi connectivity index (χ3n) is 2.66. The quantitative estimate of drug-likeness (QED) is 0.666. The molecule has 0 saturated heterocycles. The number of carbonyl (C=O) groups excluding carboxylic acids is 1. The van der Waals surface area contributed by atoms with Crippen LogP contribution in [0.5, 0.6) is 0 Å². The van der Waals surface area contributed by atoms with Gasteiger partial charge in [0.05, 0.1) is 0 Å². The summed E-state index contributed by atoms with van der Waals surface area (Å²) in [7, 11) is 0. The minimum absolute atomic E-state index is 0.0941. The van der Waals surface area contributed by atoms with Gasteiger partial charge in [-0.15, -0.1) is 0 Å². The Morgan fingerprint density at radius 1 is 1.29 bits per heavy atom. The number of rotatable bonds is 3. The van der Waals surface area contributed by atoms with Crippen molar-refractivity contribution in [3.63, 3.8) is 0 Å². The molecule has 0 N–H and O–H groups in total. The Morgan fingerprint density at radius 2 is 1.86 bits per heavy atom. The Kier molecular flexibility index (Phi) is 3.27. The van der Waals surface area contributed by atoms with Crippen LogP contribution >= 0.6 is 0 Å². The van der Waals surface area contributed by atoms with Crippen LogP contribution in [0.15, 0.2) is 35.9 Å². The molecule has 0 aliphatic carbocycles. The van der Waals surface area contributed by atoms with E-state index >= 15 is 0 Å². The van der Waals surface area contributed by atoms with E-state index in [-0.39, 0.29) is 5.41 Å². The van der Waals surface area contributed by atoms with Crippen LogP contribution in [0.4, 0.5) is 0 Å². The number of benzene rings is 1. The molecule has 0 saturated carbocycles. The van der Waals surface area contributed by atoms with Crippen LogP contribution in [0, 0.1) is 5.41 Å². The second-order valence-corrected chi connectivity index (χ2v) is 4.27. The molecule has 0 aliphatic heterocycles. The van der Waals surface area contributed by atoms with Crippen molar-refractivity contribution < 1.29 is 4.79 Å². The molecule has 1 aromatic rings. The molecule has 0 spiro atoms. The largest absolute Gasteiger partial charge is 0.234 e. The van der Waals surface area contributed by atoms with Crippen molar-refractivity contribution >= 4 is 5.94 Å². The van der Waals surface area contributed by atoms with E-state index in [0.29, 0.717) is 0 Å². The Labute approximate surface area is 85.5 Å². The third kappa shape index (κ3) is 2.58. The number of hydrogen-bond acceptors (Lipinski definition) is 1. The first-order chi connectivity index (χ1) is 6.56. The lowest BCUT2D eigenvalue weighted by atomic mass is 9.80. The van der Waals surface area contributed by atoms with E-state index in [0.717, 1.165) is 12.0 Å². The Bertz CT molecular complexity index is 343. The molecule has 0 bridgehead atoms. The molecule has 0 unspecified atom stereocenters. The summed E-state index contributed by atoms with van der Waals surface area (Å²) >= 11 is 0. The van der Waals surface area contributed by atoms with Gasteiger partial charge in [0, 0.05) is 11.0 Å². The van der Waals surface area contributed by atoms with Crippen LogP contribution in [0.1, 0.15) is 26.3 Å². The van der Waals surface area contributed by atoms with Crippen molar-refractivity contribution in [1.29, 1.82) is 0 Å². The summed E-state index contributed by atoms with van der Waals surface area (Å²) in [6.45, 7) is 5.98. The van der Waals surface area contributed by atoms with Gasteiger partial charge in [-0.2, -0.15) is 0 Å². The topological polar surface area (TPSA) is 17.1 Å². The summed E-state index contributed by atoms with van der Waals surface area (Å²) in [4.78, 5) is 10.6. The van der Waals surface area contributed by atoms with Gasteiger partial charge in [-0.25, -0.2) is 4.79 Å². The van der Waals surface area contributed by atoms with Gasteiger partial charge >= 0.3 is 0 Å². The summed E-state index contributed by atoms with van der Waals surface area (Å²) in [6, 6.07) is 10.2. The predicted octanol–water partition coefficient (Wildman–Crippen LogP) is 3.03. The summed E-state index contributed by atoms with van der Waals surface area (Å²) in [5.41, 5.74) is 1.94. The molecule has 1 rings (SSSR count). The van der Waals surface area contributed by atoms with Crippen molar-refractivity contribution in [3.8, 4) is 0 Å². The zero-order valence-corrected chi connectivity index (χ0v) is 9.00. The van der Waals surface area contributed by atoms with Gasteiger partial charge < -0.3 is 0 Å². The minimum atomic E-state index is -0.0941. The molecule has 1 heteroatoms. The first kappa shape index (κ1) is 10.7. The van der Waals surface area contributed by atoms with E-state index in [1.807, 2.05) is 31.1 Å². The molecule has 0 radical (unpaired) electrons. The van der Waals surface area contributed by atoms with E-state index in [9.17, 15) is 4.79 Å². The van der Waals surface area contributed by atoms with Crippen LogP contribution in [0.25, 0.3) is 0 Å². The van der Waals surface area contributed by atoms with Crippen LogP contribution in [-0.4, -0.2) is 5.94 Å².